The lowest BCUT2D eigenvalue weighted by Crippen LogP contribution is -2.38. The first kappa shape index (κ1) is 22.4. The predicted octanol–water partition coefficient (Wildman–Crippen LogP) is 3.21. The molecule has 0 saturated heterocycles. The van der Waals surface area contributed by atoms with Gasteiger partial charge in [0.15, 0.2) is 17.5 Å². The maximum Gasteiger partial charge on any atom is 0.269 e. The second-order valence-electron chi connectivity index (χ2n) is 6.05. The molecular formula is C20H26N4O4S. The molecule has 2 aromatic rings. The lowest BCUT2D eigenvalue weighted by molar-refractivity contribution is -0.384. The molecule has 8 nitrogen and oxygen atoms in total. The van der Waals surface area contributed by atoms with Crippen LogP contribution in [0.3, 0.4) is 0 Å². The van der Waals surface area contributed by atoms with Gasteiger partial charge in [-0.25, -0.2) is 4.99 Å². The lowest BCUT2D eigenvalue weighted by Gasteiger charge is -2.13. The fourth-order valence-corrected chi connectivity index (χ4v) is 2.82. The molecule has 0 fully saturated rings. The number of ether oxygens (including phenoxy) is 2. The molecule has 156 valence electrons. The van der Waals surface area contributed by atoms with E-state index in [1.165, 1.54) is 12.1 Å². The number of nitro groups is 1. The van der Waals surface area contributed by atoms with E-state index in [-0.39, 0.29) is 5.69 Å². The molecule has 2 aromatic carbocycles. The van der Waals surface area contributed by atoms with Crippen LogP contribution in [-0.2, 0) is 13.1 Å². The van der Waals surface area contributed by atoms with E-state index in [2.05, 4.69) is 15.6 Å². The Balaban J connectivity index is 2.05. The number of nitrogens with zero attached hydrogens (tertiary/aromatic N) is 2. The van der Waals surface area contributed by atoms with Gasteiger partial charge in [0.25, 0.3) is 5.69 Å². The summed E-state index contributed by atoms with van der Waals surface area (Å²) in [5.74, 6) is 2.96. The molecule has 0 unspecified atom stereocenters. The Bertz CT molecular complexity index is 828. The largest absolute Gasteiger partial charge is 0.493 e. The molecular weight excluding hydrogens is 392 g/mol. The van der Waals surface area contributed by atoms with Crippen molar-refractivity contribution in [2.75, 3.05) is 32.8 Å². The number of nitro benzene ring substituents is 1. The van der Waals surface area contributed by atoms with E-state index in [1.54, 1.807) is 38.1 Å². The first-order valence-corrected chi connectivity index (χ1v) is 10.4. The summed E-state index contributed by atoms with van der Waals surface area (Å²) < 4.78 is 10.6. The second kappa shape index (κ2) is 11.8. The van der Waals surface area contributed by atoms with Gasteiger partial charge in [-0.15, -0.1) is 0 Å². The van der Waals surface area contributed by atoms with E-state index in [1.807, 2.05) is 24.5 Å². The van der Waals surface area contributed by atoms with E-state index in [0.29, 0.717) is 30.5 Å². The van der Waals surface area contributed by atoms with Crippen LogP contribution < -0.4 is 20.1 Å². The number of nitrogens with one attached hydrogen (secondary N) is 2. The molecule has 0 saturated carbocycles. The third kappa shape index (κ3) is 7.19. The number of hydrogen-bond donors (Lipinski definition) is 2. The van der Waals surface area contributed by atoms with Gasteiger partial charge in [0.2, 0.25) is 0 Å². The SMILES string of the molecule is COc1ccc(CN=C(NCCSC)NCc2ccc([N+](=O)[O-])cc2)cc1OC. The van der Waals surface area contributed by atoms with Crippen molar-refractivity contribution in [3.05, 3.63) is 63.7 Å². The summed E-state index contributed by atoms with van der Waals surface area (Å²) in [4.78, 5) is 15.0. The molecule has 0 aliphatic rings. The maximum atomic E-state index is 10.8. The minimum absolute atomic E-state index is 0.0780. The van der Waals surface area contributed by atoms with Gasteiger partial charge in [0.05, 0.1) is 25.7 Å². The number of methoxy groups -OCH3 is 2. The Hall–Kier alpha value is -2.94. The summed E-state index contributed by atoms with van der Waals surface area (Å²) in [6, 6.07) is 12.2. The standard InChI is InChI=1S/C20H26N4O4S/c1-27-18-9-6-16(12-19(18)28-2)14-23-20(21-10-11-29-3)22-13-15-4-7-17(8-5-15)24(25)26/h4-9,12H,10-11,13-14H2,1-3H3,(H2,21,22,23). The van der Waals surface area contributed by atoms with Gasteiger partial charge < -0.3 is 20.1 Å². The minimum Gasteiger partial charge on any atom is -0.493 e. The summed E-state index contributed by atoms with van der Waals surface area (Å²) in [6.45, 7) is 1.75. The fourth-order valence-electron chi connectivity index (χ4n) is 2.52. The molecule has 0 atom stereocenters. The molecule has 0 heterocycles. The molecule has 9 heteroatoms. The van der Waals surface area contributed by atoms with Crippen LogP contribution in [0.1, 0.15) is 11.1 Å². The van der Waals surface area contributed by atoms with E-state index < -0.39 is 4.92 Å². The van der Waals surface area contributed by atoms with Crippen LogP contribution in [0.4, 0.5) is 5.69 Å². The molecule has 0 aromatic heterocycles. The third-order valence-corrected chi connectivity index (χ3v) is 4.69. The minimum atomic E-state index is -0.406. The normalized spacial score (nSPS) is 11.1. The zero-order valence-electron chi connectivity index (χ0n) is 16.8. The first-order valence-electron chi connectivity index (χ1n) is 9.02. The van der Waals surface area contributed by atoms with E-state index in [4.69, 9.17) is 9.47 Å². The molecule has 0 aliphatic heterocycles. The monoisotopic (exact) mass is 418 g/mol. The summed E-state index contributed by atoms with van der Waals surface area (Å²) in [7, 11) is 3.21. The molecule has 0 amide bonds. The van der Waals surface area contributed by atoms with Gasteiger partial charge in [-0.2, -0.15) is 11.8 Å². The van der Waals surface area contributed by atoms with E-state index >= 15 is 0 Å². The van der Waals surface area contributed by atoms with Crippen molar-refractivity contribution in [1.29, 1.82) is 0 Å². The number of rotatable bonds is 10. The lowest BCUT2D eigenvalue weighted by atomic mass is 10.2. The molecule has 0 aliphatic carbocycles. The average Bonchev–Trinajstić information content (AvgIpc) is 2.75. The highest BCUT2D eigenvalue weighted by Crippen LogP contribution is 2.27. The number of guanidine groups is 1. The van der Waals surface area contributed by atoms with Crippen LogP contribution >= 0.6 is 11.8 Å². The smallest absolute Gasteiger partial charge is 0.269 e. The predicted molar refractivity (Wildman–Crippen MR) is 117 cm³/mol. The van der Waals surface area contributed by atoms with Crippen molar-refractivity contribution < 1.29 is 14.4 Å². The average molecular weight is 419 g/mol. The highest BCUT2D eigenvalue weighted by molar-refractivity contribution is 7.98. The van der Waals surface area contributed by atoms with Gasteiger partial charge in [0.1, 0.15) is 0 Å². The molecule has 2 N–H and O–H groups in total. The van der Waals surface area contributed by atoms with Gasteiger partial charge in [0, 0.05) is 31.0 Å². The number of non-ortho nitro benzene ring substituents is 1. The molecule has 0 spiro atoms. The molecule has 0 bridgehead atoms. The summed E-state index contributed by atoms with van der Waals surface area (Å²) >= 11 is 1.75. The van der Waals surface area contributed by atoms with Crippen molar-refractivity contribution in [1.82, 2.24) is 10.6 Å². The Kier molecular flexibility index (Phi) is 9.10. The van der Waals surface area contributed by atoms with Crippen LogP contribution in [0.25, 0.3) is 0 Å². The molecule has 2 rings (SSSR count). The van der Waals surface area contributed by atoms with Crippen LogP contribution in [0.2, 0.25) is 0 Å². The Morgan fingerprint density at radius 1 is 1.07 bits per heavy atom. The topological polar surface area (TPSA) is 98.0 Å². The van der Waals surface area contributed by atoms with Gasteiger partial charge >= 0.3 is 0 Å². The fraction of sp³-hybridized carbons (Fsp3) is 0.350. The van der Waals surface area contributed by atoms with E-state index in [0.717, 1.165) is 23.4 Å². The quantitative estimate of drug-likeness (QED) is 0.201. The third-order valence-electron chi connectivity index (χ3n) is 4.07. The Morgan fingerprint density at radius 3 is 2.38 bits per heavy atom. The number of aliphatic imine (C=N–C) groups is 1. The second-order valence-corrected chi connectivity index (χ2v) is 7.04. The number of thioether (sulfide) groups is 1. The van der Waals surface area contributed by atoms with Gasteiger partial charge in [-0.3, -0.25) is 10.1 Å². The zero-order valence-corrected chi connectivity index (χ0v) is 17.6. The highest BCUT2D eigenvalue weighted by atomic mass is 32.2. The molecule has 0 radical (unpaired) electrons. The zero-order chi connectivity index (χ0) is 21.1. The first-order chi connectivity index (χ1) is 14.1. The van der Waals surface area contributed by atoms with Gasteiger partial charge in [-0.05, 0) is 29.5 Å². The van der Waals surface area contributed by atoms with Crippen LogP contribution in [-0.4, -0.2) is 43.7 Å². The van der Waals surface area contributed by atoms with Crippen molar-refractivity contribution >= 4 is 23.4 Å². The molecule has 29 heavy (non-hydrogen) atoms. The van der Waals surface area contributed by atoms with E-state index in [9.17, 15) is 10.1 Å². The van der Waals surface area contributed by atoms with Crippen molar-refractivity contribution in [3.8, 4) is 11.5 Å². The summed E-state index contributed by atoms with van der Waals surface area (Å²) in [5.41, 5.74) is 2.00. The van der Waals surface area contributed by atoms with Crippen LogP contribution in [0.15, 0.2) is 47.5 Å². The van der Waals surface area contributed by atoms with Crippen LogP contribution in [0.5, 0.6) is 11.5 Å². The van der Waals surface area contributed by atoms with Crippen LogP contribution in [0, 0.1) is 10.1 Å². The maximum absolute atomic E-state index is 10.8. The van der Waals surface area contributed by atoms with Crippen molar-refractivity contribution in [2.45, 2.75) is 13.1 Å². The summed E-state index contributed by atoms with van der Waals surface area (Å²) in [5, 5.41) is 17.3. The Morgan fingerprint density at radius 2 is 1.76 bits per heavy atom. The number of benzene rings is 2. The van der Waals surface area contributed by atoms with Gasteiger partial charge in [-0.1, -0.05) is 18.2 Å². The van der Waals surface area contributed by atoms with Crippen molar-refractivity contribution in [2.24, 2.45) is 4.99 Å². The Labute approximate surface area is 174 Å². The van der Waals surface area contributed by atoms with Crippen molar-refractivity contribution in [3.63, 3.8) is 0 Å². The number of hydrogen-bond acceptors (Lipinski definition) is 6. The summed E-state index contributed by atoms with van der Waals surface area (Å²) in [6.07, 6.45) is 2.05. The highest BCUT2D eigenvalue weighted by Gasteiger charge is 2.06.